The highest BCUT2D eigenvalue weighted by Crippen LogP contribution is 2.33. The summed E-state index contributed by atoms with van der Waals surface area (Å²) in [7, 11) is 1.60. The van der Waals surface area contributed by atoms with E-state index in [2.05, 4.69) is 15.5 Å². The molecule has 31 heavy (non-hydrogen) atoms. The minimum Gasteiger partial charge on any atom is -0.495 e. The second kappa shape index (κ2) is 9.59. The van der Waals surface area contributed by atoms with Crippen LogP contribution in [0.2, 0.25) is 0 Å². The predicted octanol–water partition coefficient (Wildman–Crippen LogP) is 4.05. The molecule has 0 unspecified atom stereocenters. The lowest BCUT2D eigenvalue weighted by Crippen LogP contribution is -2.31. The number of rotatable bonds is 7. The zero-order chi connectivity index (χ0) is 21.6. The van der Waals surface area contributed by atoms with Gasteiger partial charge in [0.1, 0.15) is 5.75 Å². The predicted molar refractivity (Wildman–Crippen MR) is 121 cm³/mol. The molecule has 0 fully saturated rings. The second-order valence-electron chi connectivity index (χ2n) is 6.32. The molecule has 0 aliphatic carbocycles. The number of benzene rings is 2. The molecule has 0 saturated heterocycles. The van der Waals surface area contributed by atoms with E-state index in [9.17, 15) is 9.59 Å². The molecule has 0 radical (unpaired) electrons. The van der Waals surface area contributed by atoms with E-state index in [4.69, 9.17) is 4.74 Å². The molecule has 2 aromatic carbocycles. The van der Waals surface area contributed by atoms with Crippen LogP contribution in [-0.2, 0) is 4.79 Å². The van der Waals surface area contributed by atoms with Gasteiger partial charge in [0, 0.05) is 5.56 Å². The summed E-state index contributed by atoms with van der Waals surface area (Å²) in [6, 6.07) is 20.0. The molecule has 7 nitrogen and oxygen atoms in total. The third kappa shape index (κ3) is 4.68. The summed E-state index contributed by atoms with van der Waals surface area (Å²) in [4.78, 5) is 25.5. The van der Waals surface area contributed by atoms with Crippen molar-refractivity contribution in [2.45, 2.75) is 5.16 Å². The number of hydrogen-bond donors (Lipinski definition) is 1. The Hall–Kier alpha value is -3.43. The highest BCUT2D eigenvalue weighted by atomic mass is 32.2. The molecule has 0 bridgehead atoms. The normalized spacial score (nSPS) is 10.6. The van der Waals surface area contributed by atoms with Gasteiger partial charge in [-0.2, -0.15) is 0 Å². The minimum absolute atomic E-state index is 0.0102. The molecule has 0 spiro atoms. The molecule has 4 aromatic rings. The van der Waals surface area contributed by atoms with E-state index in [1.807, 2.05) is 52.4 Å². The number of ether oxygens (including phenoxy) is 1. The Labute approximate surface area is 187 Å². The monoisotopic (exact) mass is 450 g/mol. The van der Waals surface area contributed by atoms with Crippen LogP contribution in [-0.4, -0.2) is 39.4 Å². The van der Waals surface area contributed by atoms with E-state index in [1.54, 1.807) is 42.7 Å². The molecule has 0 aliphatic rings. The number of hydrogen-bond acceptors (Lipinski definition) is 7. The summed E-state index contributed by atoms with van der Waals surface area (Å²) in [6.07, 6.45) is 0. The molecule has 156 valence electrons. The van der Waals surface area contributed by atoms with E-state index in [1.165, 1.54) is 11.8 Å². The molecule has 1 N–H and O–H groups in total. The van der Waals surface area contributed by atoms with Crippen LogP contribution in [0.4, 0.5) is 0 Å². The molecule has 0 atom stereocenters. The van der Waals surface area contributed by atoms with E-state index < -0.39 is 11.8 Å². The Morgan fingerprint density at radius 1 is 1.03 bits per heavy atom. The first-order valence-corrected chi connectivity index (χ1v) is 11.2. The fourth-order valence-corrected chi connectivity index (χ4v) is 4.36. The van der Waals surface area contributed by atoms with Crippen LogP contribution in [0, 0.1) is 0 Å². The highest BCUT2D eigenvalue weighted by molar-refractivity contribution is 7.99. The van der Waals surface area contributed by atoms with Crippen molar-refractivity contribution in [2.24, 2.45) is 0 Å². The van der Waals surface area contributed by atoms with Crippen LogP contribution in [0.25, 0.3) is 16.4 Å². The summed E-state index contributed by atoms with van der Waals surface area (Å²) in [5.41, 5.74) is 1.19. The lowest BCUT2D eigenvalue weighted by molar-refractivity contribution is -0.117. The minimum atomic E-state index is -0.434. The lowest BCUT2D eigenvalue weighted by Gasteiger charge is -2.13. The summed E-state index contributed by atoms with van der Waals surface area (Å²) >= 11 is 2.74. The average Bonchev–Trinajstić information content (AvgIpc) is 3.48. The highest BCUT2D eigenvalue weighted by Gasteiger charge is 2.20. The van der Waals surface area contributed by atoms with E-state index >= 15 is 0 Å². The molecular weight excluding hydrogens is 432 g/mol. The zero-order valence-electron chi connectivity index (χ0n) is 16.5. The Balaban J connectivity index is 1.57. The van der Waals surface area contributed by atoms with Crippen molar-refractivity contribution in [1.82, 2.24) is 20.1 Å². The number of nitrogens with one attached hydrogen (secondary N) is 1. The number of thioether (sulfide) groups is 1. The van der Waals surface area contributed by atoms with Gasteiger partial charge in [-0.05, 0) is 35.7 Å². The van der Waals surface area contributed by atoms with Gasteiger partial charge >= 0.3 is 0 Å². The first-order valence-electron chi connectivity index (χ1n) is 9.32. The number of carbonyl (C=O) groups excluding carboxylic acids is 2. The molecule has 0 saturated carbocycles. The van der Waals surface area contributed by atoms with Gasteiger partial charge in [-0.25, -0.2) is 0 Å². The third-order valence-corrected chi connectivity index (χ3v) is 6.12. The van der Waals surface area contributed by atoms with E-state index in [-0.39, 0.29) is 5.75 Å². The zero-order valence-corrected chi connectivity index (χ0v) is 18.2. The van der Waals surface area contributed by atoms with Crippen LogP contribution in [0.3, 0.4) is 0 Å². The number of para-hydroxylation sites is 2. The number of amides is 2. The maximum atomic E-state index is 12.4. The van der Waals surface area contributed by atoms with Gasteiger partial charge in [0.05, 0.1) is 23.4 Å². The smallest absolute Gasteiger partial charge is 0.257 e. The standard InChI is InChI=1S/C22H18N4O3S2/c1-29-17-11-6-5-10-16(17)26-20(18-12-7-13-30-18)24-25-22(26)31-14-19(27)23-21(28)15-8-3-2-4-9-15/h2-13H,14H2,1H3,(H,23,27,28). The molecule has 9 heteroatoms. The average molecular weight is 451 g/mol. The Morgan fingerprint density at radius 2 is 1.81 bits per heavy atom. The third-order valence-electron chi connectivity index (χ3n) is 4.32. The van der Waals surface area contributed by atoms with Crippen LogP contribution in [0.15, 0.2) is 77.3 Å². The molecule has 4 rings (SSSR count). The van der Waals surface area contributed by atoms with Crippen molar-refractivity contribution in [2.75, 3.05) is 12.9 Å². The van der Waals surface area contributed by atoms with E-state index in [0.717, 1.165) is 10.6 Å². The van der Waals surface area contributed by atoms with Crippen LogP contribution in [0.5, 0.6) is 5.75 Å². The van der Waals surface area contributed by atoms with Crippen molar-refractivity contribution in [3.63, 3.8) is 0 Å². The fourth-order valence-electron chi connectivity index (χ4n) is 2.91. The first-order chi connectivity index (χ1) is 15.2. The Morgan fingerprint density at radius 3 is 2.55 bits per heavy atom. The summed E-state index contributed by atoms with van der Waals surface area (Å²) in [5.74, 6) is 0.479. The molecule has 0 aliphatic heterocycles. The first kappa shape index (κ1) is 20.8. The molecule has 2 heterocycles. The fraction of sp³-hybridized carbons (Fsp3) is 0.0909. The maximum absolute atomic E-state index is 12.4. The molecule has 2 amide bonds. The van der Waals surface area contributed by atoms with Crippen LogP contribution in [0.1, 0.15) is 10.4 Å². The van der Waals surface area contributed by atoms with Crippen molar-refractivity contribution in [3.05, 3.63) is 77.7 Å². The van der Waals surface area contributed by atoms with Gasteiger partial charge in [-0.3, -0.25) is 19.5 Å². The summed E-state index contributed by atoms with van der Waals surface area (Å²) < 4.78 is 7.38. The van der Waals surface area contributed by atoms with Gasteiger partial charge < -0.3 is 4.74 Å². The number of thiophene rings is 1. The van der Waals surface area contributed by atoms with Gasteiger partial charge in [0.15, 0.2) is 11.0 Å². The number of methoxy groups -OCH3 is 1. The van der Waals surface area contributed by atoms with Gasteiger partial charge in [-0.1, -0.05) is 48.2 Å². The molecular formula is C22H18N4O3S2. The van der Waals surface area contributed by atoms with Gasteiger partial charge in [-0.15, -0.1) is 21.5 Å². The lowest BCUT2D eigenvalue weighted by atomic mass is 10.2. The SMILES string of the molecule is COc1ccccc1-n1c(SCC(=O)NC(=O)c2ccccc2)nnc1-c1cccs1. The Kier molecular flexibility index (Phi) is 6.44. The maximum Gasteiger partial charge on any atom is 0.257 e. The number of aromatic nitrogens is 3. The quantitative estimate of drug-likeness (QED) is 0.428. The second-order valence-corrected chi connectivity index (χ2v) is 8.21. The van der Waals surface area contributed by atoms with Gasteiger partial charge in [0.2, 0.25) is 5.91 Å². The van der Waals surface area contributed by atoms with Crippen molar-refractivity contribution in [3.8, 4) is 22.1 Å². The topological polar surface area (TPSA) is 86.1 Å². The van der Waals surface area contributed by atoms with Crippen molar-refractivity contribution < 1.29 is 14.3 Å². The Bertz CT molecular complexity index is 1190. The number of nitrogens with zero attached hydrogens (tertiary/aromatic N) is 3. The summed E-state index contributed by atoms with van der Waals surface area (Å²) in [6.45, 7) is 0. The largest absolute Gasteiger partial charge is 0.495 e. The summed E-state index contributed by atoms with van der Waals surface area (Å²) in [5, 5.41) is 13.5. The van der Waals surface area contributed by atoms with Crippen LogP contribution >= 0.6 is 23.1 Å². The van der Waals surface area contributed by atoms with Crippen molar-refractivity contribution in [1.29, 1.82) is 0 Å². The van der Waals surface area contributed by atoms with E-state index in [0.29, 0.717) is 22.3 Å². The van der Waals surface area contributed by atoms with Crippen molar-refractivity contribution >= 4 is 34.9 Å². The van der Waals surface area contributed by atoms with Crippen LogP contribution < -0.4 is 10.1 Å². The number of carbonyl (C=O) groups is 2. The number of imide groups is 1. The van der Waals surface area contributed by atoms with Gasteiger partial charge in [0.25, 0.3) is 5.91 Å². The molecule has 2 aromatic heterocycles.